The van der Waals surface area contributed by atoms with Crippen LogP contribution >= 0.6 is 0 Å². The van der Waals surface area contributed by atoms with Gasteiger partial charge in [-0.05, 0) is 80.2 Å². The quantitative estimate of drug-likeness (QED) is 0.331. The summed E-state index contributed by atoms with van der Waals surface area (Å²) in [6.45, 7) is 6.24. The SMILES string of the molecule is CCOC(=O)C(C(=O)OCC)C1=CCC([C@H]2CCC[C@H](N[C@H](C)c3cccc4ccccc34)C2)C=C1. The number of rotatable bonds is 9. The molecule has 1 N–H and O–H groups in total. The van der Waals surface area contributed by atoms with Crippen molar-refractivity contribution < 1.29 is 19.1 Å². The van der Waals surface area contributed by atoms with E-state index in [9.17, 15) is 9.59 Å². The molecular weight excluding hydrogens is 450 g/mol. The lowest BCUT2D eigenvalue weighted by atomic mass is 9.74. The molecule has 0 saturated heterocycles. The Labute approximate surface area is 214 Å². The molecule has 0 amide bonds. The zero-order chi connectivity index (χ0) is 25.5. The van der Waals surface area contributed by atoms with E-state index in [0.717, 1.165) is 12.8 Å². The third-order valence-electron chi connectivity index (χ3n) is 7.64. The summed E-state index contributed by atoms with van der Waals surface area (Å²) < 4.78 is 10.3. The Morgan fingerprint density at radius 2 is 1.72 bits per heavy atom. The number of carbonyl (C=O) groups excluding carboxylic acids is 2. The Balaban J connectivity index is 1.39. The van der Waals surface area contributed by atoms with Crippen LogP contribution in [0.3, 0.4) is 0 Å². The van der Waals surface area contributed by atoms with Gasteiger partial charge in [-0.3, -0.25) is 9.59 Å². The van der Waals surface area contributed by atoms with Gasteiger partial charge in [0.25, 0.3) is 0 Å². The first-order valence-corrected chi connectivity index (χ1v) is 13.5. The summed E-state index contributed by atoms with van der Waals surface area (Å²) in [5, 5.41) is 6.52. The summed E-state index contributed by atoms with van der Waals surface area (Å²) in [4.78, 5) is 25.0. The summed E-state index contributed by atoms with van der Waals surface area (Å²) in [6.07, 6.45) is 11.8. The maximum absolute atomic E-state index is 12.5. The third-order valence-corrected chi connectivity index (χ3v) is 7.64. The molecule has 1 fully saturated rings. The maximum Gasteiger partial charge on any atom is 0.324 e. The summed E-state index contributed by atoms with van der Waals surface area (Å²) in [5.41, 5.74) is 2.04. The number of ether oxygens (including phenoxy) is 2. The zero-order valence-corrected chi connectivity index (χ0v) is 21.7. The summed E-state index contributed by atoms with van der Waals surface area (Å²) >= 11 is 0. The van der Waals surface area contributed by atoms with Crippen LogP contribution in [-0.2, 0) is 19.1 Å². The van der Waals surface area contributed by atoms with Gasteiger partial charge in [0.15, 0.2) is 5.92 Å². The van der Waals surface area contributed by atoms with E-state index in [4.69, 9.17) is 9.47 Å². The molecule has 36 heavy (non-hydrogen) atoms. The highest BCUT2D eigenvalue weighted by Crippen LogP contribution is 2.37. The molecule has 2 aromatic rings. The van der Waals surface area contributed by atoms with E-state index in [1.54, 1.807) is 13.8 Å². The molecule has 0 heterocycles. The average molecular weight is 490 g/mol. The molecule has 2 aliphatic carbocycles. The van der Waals surface area contributed by atoms with Crippen LogP contribution in [0, 0.1) is 17.8 Å². The standard InChI is InChI=1S/C31H39NO4/c1-4-35-30(33)29(31(34)36-5-2)24-18-16-22(17-19-24)25-12-8-13-26(20-25)32-21(3)27-15-9-11-23-10-6-7-14-28(23)27/h6-7,9-11,14-16,18-19,21-22,25-26,29,32H,4-5,8,12-13,17,20H2,1-3H3/t21-,22?,25+,26+/m1/s1. The van der Waals surface area contributed by atoms with Crippen LogP contribution in [0.1, 0.15) is 64.5 Å². The molecule has 2 aromatic carbocycles. The number of benzene rings is 2. The monoisotopic (exact) mass is 489 g/mol. The van der Waals surface area contributed by atoms with Crippen molar-refractivity contribution in [3.63, 3.8) is 0 Å². The van der Waals surface area contributed by atoms with Crippen molar-refractivity contribution in [3.05, 3.63) is 71.8 Å². The van der Waals surface area contributed by atoms with Gasteiger partial charge in [-0.15, -0.1) is 0 Å². The highest BCUT2D eigenvalue weighted by molar-refractivity contribution is 5.98. The van der Waals surface area contributed by atoms with Gasteiger partial charge in [-0.25, -0.2) is 0 Å². The van der Waals surface area contributed by atoms with Crippen molar-refractivity contribution in [2.75, 3.05) is 13.2 Å². The minimum absolute atomic E-state index is 0.238. The average Bonchev–Trinajstić information content (AvgIpc) is 2.89. The van der Waals surface area contributed by atoms with Crippen LogP contribution < -0.4 is 5.32 Å². The topological polar surface area (TPSA) is 64.6 Å². The molecule has 4 atom stereocenters. The Bertz CT molecular complexity index is 1100. The van der Waals surface area contributed by atoms with E-state index in [0.29, 0.717) is 23.5 Å². The first kappa shape index (κ1) is 26.2. The molecule has 0 bridgehead atoms. The highest BCUT2D eigenvalue weighted by atomic mass is 16.6. The van der Waals surface area contributed by atoms with Crippen molar-refractivity contribution in [2.45, 2.75) is 65.0 Å². The molecule has 192 valence electrons. The molecule has 0 radical (unpaired) electrons. The Kier molecular flexibility index (Phi) is 8.98. The van der Waals surface area contributed by atoms with Crippen LogP contribution in [0.4, 0.5) is 0 Å². The first-order valence-electron chi connectivity index (χ1n) is 13.5. The number of fused-ring (bicyclic) bond motifs is 1. The van der Waals surface area contributed by atoms with Gasteiger partial charge in [-0.1, -0.05) is 67.1 Å². The molecule has 5 nitrogen and oxygen atoms in total. The number of nitrogens with one attached hydrogen (secondary N) is 1. The normalized spacial score (nSPS) is 22.8. The van der Waals surface area contributed by atoms with Gasteiger partial charge in [-0.2, -0.15) is 0 Å². The van der Waals surface area contributed by atoms with Crippen LogP contribution in [0.5, 0.6) is 0 Å². The van der Waals surface area contributed by atoms with Crippen LogP contribution in [0.15, 0.2) is 66.3 Å². The Morgan fingerprint density at radius 1 is 1.00 bits per heavy atom. The van der Waals surface area contributed by atoms with Gasteiger partial charge >= 0.3 is 11.9 Å². The van der Waals surface area contributed by atoms with E-state index < -0.39 is 17.9 Å². The fourth-order valence-electron chi connectivity index (χ4n) is 5.88. The number of hydrogen-bond acceptors (Lipinski definition) is 5. The highest BCUT2D eigenvalue weighted by Gasteiger charge is 2.35. The fraction of sp³-hybridized carbons (Fsp3) is 0.484. The number of hydrogen-bond donors (Lipinski definition) is 1. The van der Waals surface area contributed by atoms with Gasteiger partial charge in [0.2, 0.25) is 0 Å². The van der Waals surface area contributed by atoms with Crippen LogP contribution in [0.25, 0.3) is 10.8 Å². The molecule has 0 aliphatic heterocycles. The van der Waals surface area contributed by atoms with Crippen molar-refractivity contribution in [2.24, 2.45) is 17.8 Å². The van der Waals surface area contributed by atoms with Crippen molar-refractivity contribution in [1.29, 1.82) is 0 Å². The molecule has 5 heteroatoms. The largest absolute Gasteiger partial charge is 0.465 e. The predicted molar refractivity (Wildman–Crippen MR) is 143 cm³/mol. The van der Waals surface area contributed by atoms with E-state index >= 15 is 0 Å². The van der Waals surface area contributed by atoms with Gasteiger partial charge in [0.1, 0.15) is 0 Å². The number of allylic oxidation sites excluding steroid dienone is 3. The lowest BCUT2D eigenvalue weighted by Crippen LogP contribution is -2.37. The minimum atomic E-state index is -0.996. The summed E-state index contributed by atoms with van der Waals surface area (Å²) in [7, 11) is 0. The lowest BCUT2D eigenvalue weighted by Gasteiger charge is -2.36. The Morgan fingerprint density at radius 3 is 2.42 bits per heavy atom. The number of carbonyl (C=O) groups is 2. The zero-order valence-electron chi connectivity index (χ0n) is 21.7. The molecule has 2 aliphatic rings. The first-order chi connectivity index (χ1) is 17.5. The smallest absolute Gasteiger partial charge is 0.324 e. The second-order valence-corrected chi connectivity index (χ2v) is 9.98. The molecule has 4 rings (SSSR count). The van der Waals surface area contributed by atoms with Gasteiger partial charge < -0.3 is 14.8 Å². The van der Waals surface area contributed by atoms with Crippen LogP contribution in [0.2, 0.25) is 0 Å². The van der Waals surface area contributed by atoms with E-state index in [2.05, 4.69) is 60.8 Å². The number of esters is 2. The molecule has 1 unspecified atom stereocenters. The lowest BCUT2D eigenvalue weighted by molar-refractivity contribution is -0.159. The molecule has 0 spiro atoms. The van der Waals surface area contributed by atoms with Gasteiger partial charge in [0.05, 0.1) is 13.2 Å². The predicted octanol–water partition coefficient (Wildman–Crippen LogP) is 6.29. The minimum Gasteiger partial charge on any atom is -0.465 e. The van der Waals surface area contributed by atoms with E-state index in [1.807, 2.05) is 12.2 Å². The van der Waals surface area contributed by atoms with Crippen LogP contribution in [-0.4, -0.2) is 31.2 Å². The second kappa shape index (κ2) is 12.4. The summed E-state index contributed by atoms with van der Waals surface area (Å²) in [6, 6.07) is 15.9. The summed E-state index contributed by atoms with van der Waals surface area (Å²) in [5.74, 6) is -1.07. The van der Waals surface area contributed by atoms with Crippen molar-refractivity contribution in [1.82, 2.24) is 5.32 Å². The van der Waals surface area contributed by atoms with E-state index in [1.165, 1.54) is 35.6 Å². The molecular formula is C31H39NO4. The second-order valence-electron chi connectivity index (χ2n) is 9.98. The van der Waals surface area contributed by atoms with Crippen molar-refractivity contribution >= 4 is 22.7 Å². The fourth-order valence-corrected chi connectivity index (χ4v) is 5.88. The van der Waals surface area contributed by atoms with Crippen molar-refractivity contribution in [3.8, 4) is 0 Å². The molecule has 0 aromatic heterocycles. The van der Waals surface area contributed by atoms with Gasteiger partial charge in [0, 0.05) is 12.1 Å². The molecule has 1 saturated carbocycles. The Hall–Kier alpha value is -2.92. The maximum atomic E-state index is 12.5. The third kappa shape index (κ3) is 6.07. The van der Waals surface area contributed by atoms with E-state index in [-0.39, 0.29) is 19.3 Å².